The van der Waals surface area contributed by atoms with Gasteiger partial charge in [-0.1, -0.05) is 48.5 Å². The Morgan fingerprint density at radius 3 is 2.50 bits per heavy atom. The Kier molecular flexibility index (Phi) is 3.70. The minimum Gasteiger partial charge on any atom is -0.318 e. The SMILES string of the molecule is CCn1c(OOCc2ccccc2)cc2ccccc21. The molecule has 0 bridgehead atoms. The molecule has 0 saturated carbocycles. The third-order valence-corrected chi connectivity index (χ3v) is 3.30. The standard InChI is InChI=1S/C17H17NO2/c1-2-18-16-11-7-6-10-15(16)12-17(18)20-19-13-14-8-4-3-5-9-14/h3-12H,2,13H2,1H3. The largest absolute Gasteiger partial charge is 0.318 e. The van der Waals surface area contributed by atoms with Crippen LogP contribution in [0.4, 0.5) is 0 Å². The Morgan fingerprint density at radius 1 is 0.950 bits per heavy atom. The number of fused-ring (bicyclic) bond motifs is 1. The Labute approximate surface area is 118 Å². The number of nitrogens with zero attached hydrogens (tertiary/aromatic N) is 1. The van der Waals surface area contributed by atoms with Gasteiger partial charge in [0.05, 0.1) is 5.52 Å². The quantitative estimate of drug-likeness (QED) is 0.511. The first kappa shape index (κ1) is 12.8. The molecule has 102 valence electrons. The topological polar surface area (TPSA) is 23.4 Å². The highest BCUT2D eigenvalue weighted by molar-refractivity contribution is 5.82. The van der Waals surface area contributed by atoms with Crippen LogP contribution in [-0.2, 0) is 18.0 Å². The van der Waals surface area contributed by atoms with Crippen LogP contribution in [0.3, 0.4) is 0 Å². The summed E-state index contributed by atoms with van der Waals surface area (Å²) >= 11 is 0. The van der Waals surface area contributed by atoms with Crippen molar-refractivity contribution < 1.29 is 9.78 Å². The van der Waals surface area contributed by atoms with Gasteiger partial charge in [-0.3, -0.25) is 0 Å². The molecule has 0 atom stereocenters. The molecule has 1 heterocycles. The van der Waals surface area contributed by atoms with E-state index in [1.54, 1.807) is 0 Å². The van der Waals surface area contributed by atoms with Gasteiger partial charge in [0, 0.05) is 18.0 Å². The van der Waals surface area contributed by atoms with Crippen molar-refractivity contribution in [2.75, 3.05) is 0 Å². The molecule has 20 heavy (non-hydrogen) atoms. The van der Waals surface area contributed by atoms with E-state index in [-0.39, 0.29) is 0 Å². The summed E-state index contributed by atoms with van der Waals surface area (Å²) in [7, 11) is 0. The van der Waals surface area contributed by atoms with Gasteiger partial charge in [0.2, 0.25) is 5.88 Å². The van der Waals surface area contributed by atoms with Crippen LogP contribution in [0.2, 0.25) is 0 Å². The lowest BCUT2D eigenvalue weighted by Crippen LogP contribution is -2.03. The van der Waals surface area contributed by atoms with Crippen LogP contribution in [0.5, 0.6) is 5.88 Å². The summed E-state index contributed by atoms with van der Waals surface area (Å²) in [6, 6.07) is 20.2. The van der Waals surface area contributed by atoms with Crippen LogP contribution >= 0.6 is 0 Å². The molecule has 3 aromatic rings. The van der Waals surface area contributed by atoms with E-state index in [4.69, 9.17) is 9.78 Å². The Balaban J connectivity index is 1.74. The average Bonchev–Trinajstić information content (AvgIpc) is 2.86. The van der Waals surface area contributed by atoms with Gasteiger partial charge in [0.25, 0.3) is 0 Å². The van der Waals surface area contributed by atoms with Gasteiger partial charge in [-0.2, -0.15) is 4.89 Å². The van der Waals surface area contributed by atoms with Gasteiger partial charge >= 0.3 is 0 Å². The first-order valence-electron chi connectivity index (χ1n) is 6.80. The number of benzene rings is 2. The second-order valence-corrected chi connectivity index (χ2v) is 4.62. The number of aromatic nitrogens is 1. The van der Waals surface area contributed by atoms with Crippen molar-refractivity contribution in [2.45, 2.75) is 20.1 Å². The molecule has 1 aromatic heterocycles. The molecule has 3 nitrogen and oxygen atoms in total. The van der Waals surface area contributed by atoms with E-state index < -0.39 is 0 Å². The zero-order valence-corrected chi connectivity index (χ0v) is 11.5. The van der Waals surface area contributed by atoms with E-state index in [2.05, 4.69) is 23.6 Å². The Hall–Kier alpha value is -2.26. The van der Waals surface area contributed by atoms with Crippen molar-refractivity contribution in [3.63, 3.8) is 0 Å². The van der Waals surface area contributed by atoms with Gasteiger partial charge in [0.15, 0.2) is 0 Å². The third kappa shape index (κ3) is 2.53. The van der Waals surface area contributed by atoms with Gasteiger partial charge in [0.1, 0.15) is 6.61 Å². The van der Waals surface area contributed by atoms with E-state index in [0.717, 1.165) is 28.9 Å². The predicted octanol–water partition coefficient (Wildman–Crippen LogP) is 4.17. The molecule has 0 saturated heterocycles. The molecule has 0 amide bonds. The summed E-state index contributed by atoms with van der Waals surface area (Å²) in [5, 5.41) is 1.16. The van der Waals surface area contributed by atoms with Gasteiger partial charge in [-0.15, -0.1) is 0 Å². The fourth-order valence-electron chi connectivity index (χ4n) is 2.31. The lowest BCUT2D eigenvalue weighted by atomic mass is 10.2. The molecule has 2 aromatic carbocycles. The monoisotopic (exact) mass is 267 g/mol. The summed E-state index contributed by atoms with van der Waals surface area (Å²) in [5.41, 5.74) is 2.25. The molecule has 0 spiro atoms. The molecule has 0 fully saturated rings. The van der Waals surface area contributed by atoms with Gasteiger partial charge < -0.3 is 9.45 Å². The fraction of sp³-hybridized carbons (Fsp3) is 0.176. The number of aryl methyl sites for hydroxylation is 1. The molecule has 0 N–H and O–H groups in total. The van der Waals surface area contributed by atoms with Gasteiger partial charge in [-0.05, 0) is 18.6 Å². The van der Waals surface area contributed by atoms with Crippen LogP contribution in [0.15, 0.2) is 60.7 Å². The van der Waals surface area contributed by atoms with Crippen molar-refractivity contribution in [2.24, 2.45) is 0 Å². The molecule has 0 aliphatic carbocycles. The van der Waals surface area contributed by atoms with Crippen LogP contribution in [0, 0.1) is 0 Å². The van der Waals surface area contributed by atoms with Crippen LogP contribution in [0.1, 0.15) is 12.5 Å². The van der Waals surface area contributed by atoms with Crippen molar-refractivity contribution in [3.05, 3.63) is 66.2 Å². The Bertz CT molecular complexity index is 689. The lowest BCUT2D eigenvalue weighted by Gasteiger charge is -2.08. The third-order valence-electron chi connectivity index (χ3n) is 3.30. The van der Waals surface area contributed by atoms with Gasteiger partial charge in [-0.25, -0.2) is 0 Å². The first-order valence-corrected chi connectivity index (χ1v) is 6.80. The number of hydrogen-bond donors (Lipinski definition) is 0. The summed E-state index contributed by atoms with van der Waals surface area (Å²) in [4.78, 5) is 10.8. The van der Waals surface area contributed by atoms with Crippen LogP contribution < -0.4 is 4.89 Å². The maximum atomic E-state index is 5.48. The van der Waals surface area contributed by atoms with Crippen molar-refractivity contribution in [1.29, 1.82) is 0 Å². The smallest absolute Gasteiger partial charge is 0.238 e. The highest BCUT2D eigenvalue weighted by atomic mass is 17.2. The van der Waals surface area contributed by atoms with Crippen molar-refractivity contribution in [1.82, 2.24) is 4.57 Å². The number of para-hydroxylation sites is 1. The molecule has 0 aliphatic rings. The minimum atomic E-state index is 0.437. The zero-order valence-electron chi connectivity index (χ0n) is 11.5. The van der Waals surface area contributed by atoms with Crippen molar-refractivity contribution >= 4 is 10.9 Å². The summed E-state index contributed by atoms with van der Waals surface area (Å²) in [5.74, 6) is 0.740. The second-order valence-electron chi connectivity index (χ2n) is 4.62. The van der Waals surface area contributed by atoms with E-state index in [9.17, 15) is 0 Å². The molecule has 3 heteroatoms. The van der Waals surface area contributed by atoms with E-state index in [1.807, 2.05) is 48.5 Å². The molecular weight excluding hydrogens is 250 g/mol. The van der Waals surface area contributed by atoms with E-state index >= 15 is 0 Å². The zero-order chi connectivity index (χ0) is 13.8. The number of rotatable bonds is 5. The van der Waals surface area contributed by atoms with E-state index in [0.29, 0.717) is 6.61 Å². The highest BCUT2D eigenvalue weighted by Gasteiger charge is 2.08. The molecular formula is C17H17NO2. The fourth-order valence-corrected chi connectivity index (χ4v) is 2.31. The molecule has 0 aliphatic heterocycles. The molecule has 0 unspecified atom stereocenters. The molecule has 3 rings (SSSR count). The predicted molar refractivity (Wildman–Crippen MR) is 79.5 cm³/mol. The summed E-state index contributed by atoms with van der Waals surface area (Å²) in [6.07, 6.45) is 0. The summed E-state index contributed by atoms with van der Waals surface area (Å²) in [6.45, 7) is 3.38. The normalized spacial score (nSPS) is 10.8. The molecule has 0 radical (unpaired) electrons. The maximum Gasteiger partial charge on any atom is 0.238 e. The number of hydrogen-bond acceptors (Lipinski definition) is 2. The minimum absolute atomic E-state index is 0.437. The second kappa shape index (κ2) is 5.80. The summed E-state index contributed by atoms with van der Waals surface area (Å²) < 4.78 is 2.10. The van der Waals surface area contributed by atoms with Crippen LogP contribution in [0.25, 0.3) is 10.9 Å². The van der Waals surface area contributed by atoms with Crippen molar-refractivity contribution in [3.8, 4) is 5.88 Å². The van der Waals surface area contributed by atoms with Crippen LogP contribution in [-0.4, -0.2) is 4.57 Å². The maximum absolute atomic E-state index is 5.48. The average molecular weight is 267 g/mol. The lowest BCUT2D eigenvalue weighted by molar-refractivity contribution is -0.222. The first-order chi connectivity index (χ1) is 9.88. The Morgan fingerprint density at radius 2 is 1.70 bits per heavy atom. The van der Waals surface area contributed by atoms with E-state index in [1.165, 1.54) is 0 Å². The highest BCUT2D eigenvalue weighted by Crippen LogP contribution is 2.25.